The first-order chi connectivity index (χ1) is 10.0. The Labute approximate surface area is 120 Å². The molecule has 0 bridgehead atoms. The standard InChI is InChI=1S/C15H15F3N3/c16-15(17,18)12-3-4-14(19-11-12)21-9-5-13(6-10-21)20-7-1-2-8-20/h3-6,9-11H,1-2,7-8H2/q+1. The number of pyridine rings is 2. The Morgan fingerprint density at radius 3 is 2.19 bits per heavy atom. The maximum absolute atomic E-state index is 12.5. The molecule has 6 heteroatoms. The van der Waals surface area contributed by atoms with Crippen LogP contribution in [0.25, 0.3) is 5.82 Å². The van der Waals surface area contributed by atoms with E-state index in [1.54, 1.807) is 4.57 Å². The summed E-state index contributed by atoms with van der Waals surface area (Å²) in [5, 5.41) is 0. The van der Waals surface area contributed by atoms with Gasteiger partial charge in [0.25, 0.3) is 0 Å². The molecular formula is C15H15F3N3+. The largest absolute Gasteiger partial charge is 0.420 e. The molecule has 3 rings (SSSR count). The van der Waals surface area contributed by atoms with Crippen LogP contribution in [0, 0.1) is 0 Å². The van der Waals surface area contributed by atoms with Gasteiger partial charge in [-0.15, -0.1) is 0 Å². The summed E-state index contributed by atoms with van der Waals surface area (Å²) in [6.07, 6.45) is 2.56. The summed E-state index contributed by atoms with van der Waals surface area (Å²) < 4.78 is 39.2. The van der Waals surface area contributed by atoms with Gasteiger partial charge in [-0.05, 0) is 23.9 Å². The van der Waals surface area contributed by atoms with Gasteiger partial charge in [0.05, 0.1) is 18.0 Å². The van der Waals surface area contributed by atoms with E-state index in [2.05, 4.69) is 9.88 Å². The summed E-state index contributed by atoms with van der Waals surface area (Å²) in [7, 11) is 0. The first kappa shape index (κ1) is 13.9. The smallest absolute Gasteiger partial charge is 0.371 e. The summed E-state index contributed by atoms with van der Waals surface area (Å²) in [5.74, 6) is 0.468. The van der Waals surface area contributed by atoms with Gasteiger partial charge in [-0.3, -0.25) is 0 Å². The minimum atomic E-state index is -4.35. The van der Waals surface area contributed by atoms with Crippen LogP contribution in [0.4, 0.5) is 18.9 Å². The number of alkyl halides is 3. The molecule has 1 saturated heterocycles. The number of anilines is 1. The van der Waals surface area contributed by atoms with Crippen LogP contribution < -0.4 is 9.47 Å². The predicted octanol–water partition coefficient (Wildman–Crippen LogP) is 2.98. The summed E-state index contributed by atoms with van der Waals surface area (Å²) in [5.41, 5.74) is 0.399. The van der Waals surface area contributed by atoms with Crippen molar-refractivity contribution in [3.63, 3.8) is 0 Å². The molecule has 0 aliphatic carbocycles. The molecule has 1 aliphatic heterocycles. The minimum absolute atomic E-state index is 0.468. The average Bonchev–Trinajstić information content (AvgIpc) is 3.01. The molecule has 0 aromatic carbocycles. The highest BCUT2D eigenvalue weighted by atomic mass is 19.4. The van der Waals surface area contributed by atoms with Crippen molar-refractivity contribution < 1.29 is 17.7 Å². The Hall–Kier alpha value is -2.11. The SMILES string of the molecule is FC(F)(F)c1ccc(-[n+]2ccc(N3CCCC3)cc2)nc1. The van der Waals surface area contributed by atoms with Crippen LogP contribution in [0.1, 0.15) is 18.4 Å². The number of halogens is 3. The van der Waals surface area contributed by atoms with Crippen LogP contribution in [-0.2, 0) is 6.18 Å². The van der Waals surface area contributed by atoms with Gasteiger partial charge in [-0.2, -0.15) is 13.2 Å². The molecule has 1 aliphatic rings. The Morgan fingerprint density at radius 1 is 1.00 bits per heavy atom. The fourth-order valence-corrected chi connectivity index (χ4v) is 2.46. The maximum atomic E-state index is 12.5. The highest BCUT2D eigenvalue weighted by Gasteiger charge is 2.32. The van der Waals surface area contributed by atoms with Crippen LogP contribution in [-0.4, -0.2) is 18.1 Å². The van der Waals surface area contributed by atoms with Crippen molar-refractivity contribution in [2.45, 2.75) is 19.0 Å². The Morgan fingerprint density at radius 2 is 1.67 bits per heavy atom. The number of hydrogen-bond acceptors (Lipinski definition) is 2. The third-order valence-corrected chi connectivity index (χ3v) is 3.62. The summed E-state index contributed by atoms with van der Waals surface area (Å²) >= 11 is 0. The number of rotatable bonds is 2. The summed E-state index contributed by atoms with van der Waals surface area (Å²) in [4.78, 5) is 6.17. The van der Waals surface area contributed by atoms with E-state index in [-0.39, 0.29) is 0 Å². The lowest BCUT2D eigenvalue weighted by Gasteiger charge is -2.16. The van der Waals surface area contributed by atoms with E-state index < -0.39 is 11.7 Å². The van der Waals surface area contributed by atoms with Gasteiger partial charge in [0.2, 0.25) is 0 Å². The molecule has 0 spiro atoms. The molecule has 0 saturated carbocycles. The number of aromatic nitrogens is 2. The van der Waals surface area contributed by atoms with E-state index in [1.165, 1.54) is 18.9 Å². The second kappa shape index (κ2) is 5.35. The monoisotopic (exact) mass is 294 g/mol. The van der Waals surface area contributed by atoms with Crippen molar-refractivity contribution >= 4 is 5.69 Å². The summed E-state index contributed by atoms with van der Waals surface area (Å²) in [6.45, 7) is 2.12. The molecule has 2 aromatic rings. The zero-order valence-corrected chi connectivity index (χ0v) is 11.3. The van der Waals surface area contributed by atoms with Crippen LogP contribution >= 0.6 is 0 Å². The zero-order chi connectivity index (χ0) is 14.9. The van der Waals surface area contributed by atoms with Gasteiger partial charge in [0.15, 0.2) is 6.20 Å². The van der Waals surface area contributed by atoms with Crippen LogP contribution in [0.3, 0.4) is 0 Å². The fraction of sp³-hybridized carbons (Fsp3) is 0.333. The first-order valence-electron chi connectivity index (χ1n) is 6.84. The second-order valence-corrected chi connectivity index (χ2v) is 5.06. The molecule has 110 valence electrons. The van der Waals surface area contributed by atoms with Gasteiger partial charge in [-0.25, -0.2) is 4.57 Å². The van der Waals surface area contributed by atoms with Gasteiger partial charge in [0.1, 0.15) is 0 Å². The highest BCUT2D eigenvalue weighted by Crippen LogP contribution is 2.28. The normalized spacial score (nSPS) is 15.5. The van der Waals surface area contributed by atoms with Crippen molar-refractivity contribution in [2.24, 2.45) is 0 Å². The van der Waals surface area contributed by atoms with E-state index in [0.717, 1.165) is 31.0 Å². The van der Waals surface area contributed by atoms with E-state index in [1.807, 2.05) is 24.5 Å². The molecule has 2 aromatic heterocycles. The molecule has 0 atom stereocenters. The molecule has 3 nitrogen and oxygen atoms in total. The maximum Gasteiger partial charge on any atom is 0.420 e. The van der Waals surface area contributed by atoms with Crippen molar-refractivity contribution in [1.29, 1.82) is 0 Å². The van der Waals surface area contributed by atoms with E-state index in [4.69, 9.17) is 0 Å². The third-order valence-electron chi connectivity index (χ3n) is 3.62. The molecule has 3 heterocycles. The molecule has 0 radical (unpaired) electrons. The lowest BCUT2D eigenvalue weighted by molar-refractivity contribution is -0.599. The first-order valence-corrected chi connectivity index (χ1v) is 6.84. The van der Waals surface area contributed by atoms with Crippen LogP contribution in [0.15, 0.2) is 42.9 Å². The quantitative estimate of drug-likeness (QED) is 0.794. The summed E-state index contributed by atoms with van der Waals surface area (Å²) in [6, 6.07) is 6.34. The Balaban J connectivity index is 1.80. The van der Waals surface area contributed by atoms with E-state index in [9.17, 15) is 13.2 Å². The van der Waals surface area contributed by atoms with Gasteiger partial charge < -0.3 is 4.90 Å². The van der Waals surface area contributed by atoms with Gasteiger partial charge in [0, 0.05) is 37.0 Å². The number of nitrogens with zero attached hydrogens (tertiary/aromatic N) is 3. The molecular weight excluding hydrogens is 279 g/mol. The topological polar surface area (TPSA) is 20.0 Å². The minimum Gasteiger partial charge on any atom is -0.371 e. The average molecular weight is 294 g/mol. The van der Waals surface area contributed by atoms with E-state index >= 15 is 0 Å². The van der Waals surface area contributed by atoms with Crippen molar-refractivity contribution in [3.8, 4) is 5.82 Å². The van der Waals surface area contributed by atoms with Crippen molar-refractivity contribution in [1.82, 2.24) is 4.98 Å². The molecule has 0 amide bonds. The van der Waals surface area contributed by atoms with Crippen molar-refractivity contribution in [3.05, 3.63) is 48.4 Å². The molecule has 0 N–H and O–H groups in total. The highest BCUT2D eigenvalue weighted by molar-refractivity contribution is 5.44. The zero-order valence-electron chi connectivity index (χ0n) is 11.3. The Kier molecular flexibility index (Phi) is 3.53. The van der Waals surface area contributed by atoms with Crippen LogP contribution in [0.2, 0.25) is 0 Å². The second-order valence-electron chi connectivity index (χ2n) is 5.06. The van der Waals surface area contributed by atoms with Crippen LogP contribution in [0.5, 0.6) is 0 Å². The van der Waals surface area contributed by atoms with E-state index in [0.29, 0.717) is 5.82 Å². The molecule has 21 heavy (non-hydrogen) atoms. The Bertz CT molecular complexity index is 600. The van der Waals surface area contributed by atoms with Gasteiger partial charge >= 0.3 is 12.0 Å². The molecule has 1 fully saturated rings. The molecule has 0 unspecified atom stereocenters. The lowest BCUT2D eigenvalue weighted by atomic mass is 10.3. The fourth-order valence-electron chi connectivity index (χ4n) is 2.46. The third kappa shape index (κ3) is 2.99. The predicted molar refractivity (Wildman–Crippen MR) is 72.2 cm³/mol. The van der Waals surface area contributed by atoms with Gasteiger partial charge in [-0.1, -0.05) is 0 Å². The number of hydrogen-bond donors (Lipinski definition) is 0. The van der Waals surface area contributed by atoms with Crippen molar-refractivity contribution in [2.75, 3.05) is 18.0 Å². The lowest BCUT2D eigenvalue weighted by Crippen LogP contribution is -2.31.